The summed E-state index contributed by atoms with van der Waals surface area (Å²) in [5.74, 6) is 0.579. The molecule has 1 amide bonds. The van der Waals surface area contributed by atoms with Crippen LogP contribution in [0.5, 0.6) is 0 Å². The topological polar surface area (TPSA) is 58.4 Å². The molecule has 4 nitrogen and oxygen atoms in total. The van der Waals surface area contributed by atoms with Crippen LogP contribution in [-0.4, -0.2) is 43.5 Å². The van der Waals surface area contributed by atoms with Gasteiger partial charge in [-0.3, -0.25) is 4.79 Å². The van der Waals surface area contributed by atoms with Crippen LogP contribution in [-0.2, 0) is 11.2 Å². The zero-order chi connectivity index (χ0) is 15.1. The van der Waals surface area contributed by atoms with Gasteiger partial charge in [-0.25, -0.2) is 0 Å². The molecule has 0 aromatic heterocycles. The van der Waals surface area contributed by atoms with Crippen LogP contribution in [0.4, 0.5) is 0 Å². The second kappa shape index (κ2) is 11.7. The maximum absolute atomic E-state index is 11.7. The van der Waals surface area contributed by atoms with Gasteiger partial charge in [0.1, 0.15) is 0 Å². The first kappa shape index (κ1) is 22.2. The summed E-state index contributed by atoms with van der Waals surface area (Å²) in [4.78, 5) is 14.2. The van der Waals surface area contributed by atoms with E-state index in [1.807, 2.05) is 6.92 Å². The first-order valence-corrected chi connectivity index (χ1v) is 7.93. The summed E-state index contributed by atoms with van der Waals surface area (Å²) in [5, 5.41) is 3.02. The van der Waals surface area contributed by atoms with Gasteiger partial charge in [0, 0.05) is 32.1 Å². The first-order valence-electron chi connectivity index (χ1n) is 7.93. The predicted molar refractivity (Wildman–Crippen MR) is 100 cm³/mol. The Morgan fingerprint density at radius 1 is 1.35 bits per heavy atom. The SMILES string of the molecule is CC(CN)C(=O)NCC1CCN(CCc2ccccc2)C1.Cl.Cl. The summed E-state index contributed by atoms with van der Waals surface area (Å²) >= 11 is 0. The summed E-state index contributed by atoms with van der Waals surface area (Å²) < 4.78 is 0. The van der Waals surface area contributed by atoms with Crippen LogP contribution in [0.25, 0.3) is 0 Å². The second-order valence-corrected chi connectivity index (χ2v) is 6.07. The predicted octanol–water partition coefficient (Wildman–Crippen LogP) is 2.11. The van der Waals surface area contributed by atoms with Crippen molar-refractivity contribution in [1.29, 1.82) is 0 Å². The number of halogens is 2. The molecule has 132 valence electrons. The van der Waals surface area contributed by atoms with Crippen LogP contribution < -0.4 is 11.1 Å². The fourth-order valence-corrected chi connectivity index (χ4v) is 2.74. The monoisotopic (exact) mass is 361 g/mol. The van der Waals surface area contributed by atoms with Gasteiger partial charge in [0.15, 0.2) is 0 Å². The molecule has 0 radical (unpaired) electrons. The number of carbonyl (C=O) groups excluding carboxylic acids is 1. The number of likely N-dealkylation sites (tertiary alicyclic amines) is 1. The van der Waals surface area contributed by atoms with Crippen molar-refractivity contribution in [3.63, 3.8) is 0 Å². The van der Waals surface area contributed by atoms with Crippen molar-refractivity contribution in [1.82, 2.24) is 10.2 Å². The quantitative estimate of drug-likeness (QED) is 0.781. The molecular formula is C17H29Cl2N3O. The molecule has 0 spiro atoms. The van der Waals surface area contributed by atoms with Crippen molar-refractivity contribution in [3.05, 3.63) is 35.9 Å². The largest absolute Gasteiger partial charge is 0.356 e. The van der Waals surface area contributed by atoms with Crippen molar-refractivity contribution in [2.75, 3.05) is 32.7 Å². The Morgan fingerprint density at radius 3 is 2.70 bits per heavy atom. The molecule has 0 aliphatic carbocycles. The van der Waals surface area contributed by atoms with Crippen molar-refractivity contribution >= 4 is 30.7 Å². The summed E-state index contributed by atoms with van der Waals surface area (Å²) in [6, 6.07) is 10.6. The highest BCUT2D eigenvalue weighted by atomic mass is 35.5. The normalized spacial score (nSPS) is 18.6. The number of nitrogens with one attached hydrogen (secondary N) is 1. The molecule has 3 N–H and O–H groups in total. The Balaban J connectivity index is 0.00000242. The van der Waals surface area contributed by atoms with Gasteiger partial charge >= 0.3 is 0 Å². The van der Waals surface area contributed by atoms with Gasteiger partial charge in [-0.2, -0.15) is 0 Å². The van der Waals surface area contributed by atoms with Crippen LogP contribution >= 0.6 is 24.8 Å². The maximum Gasteiger partial charge on any atom is 0.224 e. The van der Waals surface area contributed by atoms with Gasteiger partial charge in [0.2, 0.25) is 5.91 Å². The third-order valence-corrected chi connectivity index (χ3v) is 4.30. The number of hydrogen-bond donors (Lipinski definition) is 2. The van der Waals surface area contributed by atoms with Crippen LogP contribution in [0.15, 0.2) is 30.3 Å². The molecule has 1 aliphatic heterocycles. The van der Waals surface area contributed by atoms with Gasteiger partial charge in [0.25, 0.3) is 0 Å². The zero-order valence-electron chi connectivity index (χ0n) is 13.7. The van der Waals surface area contributed by atoms with Gasteiger partial charge in [-0.15, -0.1) is 24.8 Å². The lowest BCUT2D eigenvalue weighted by atomic mass is 10.1. The summed E-state index contributed by atoms with van der Waals surface area (Å²) in [6.45, 7) is 6.40. The molecule has 1 fully saturated rings. The van der Waals surface area contributed by atoms with E-state index in [-0.39, 0.29) is 36.6 Å². The minimum absolute atomic E-state index is 0. The number of amides is 1. The molecule has 23 heavy (non-hydrogen) atoms. The van der Waals surface area contributed by atoms with E-state index < -0.39 is 0 Å². The molecule has 2 unspecified atom stereocenters. The number of nitrogens with zero attached hydrogens (tertiary/aromatic N) is 1. The minimum atomic E-state index is -0.0828. The van der Waals surface area contributed by atoms with E-state index in [1.54, 1.807) is 0 Å². The van der Waals surface area contributed by atoms with Crippen LogP contribution in [0.2, 0.25) is 0 Å². The minimum Gasteiger partial charge on any atom is -0.356 e. The fourth-order valence-electron chi connectivity index (χ4n) is 2.74. The van der Waals surface area contributed by atoms with E-state index in [4.69, 9.17) is 5.73 Å². The average Bonchev–Trinajstić information content (AvgIpc) is 2.98. The highest BCUT2D eigenvalue weighted by molar-refractivity contribution is 5.85. The summed E-state index contributed by atoms with van der Waals surface area (Å²) in [6.07, 6.45) is 2.27. The second-order valence-electron chi connectivity index (χ2n) is 6.07. The molecule has 1 heterocycles. The van der Waals surface area contributed by atoms with Crippen molar-refractivity contribution in [2.24, 2.45) is 17.6 Å². The summed E-state index contributed by atoms with van der Waals surface area (Å²) in [5.41, 5.74) is 6.90. The molecule has 6 heteroatoms. The average molecular weight is 362 g/mol. The lowest BCUT2D eigenvalue weighted by Crippen LogP contribution is -2.37. The molecule has 2 atom stereocenters. The standard InChI is InChI=1S/C17H27N3O.2ClH/c1-14(11-18)17(21)19-12-16-8-10-20(13-16)9-7-15-5-3-2-4-6-15;;/h2-6,14,16H,7-13,18H2,1H3,(H,19,21);2*1H. The number of benzene rings is 1. The van der Waals surface area contributed by atoms with E-state index in [2.05, 4.69) is 40.5 Å². The zero-order valence-corrected chi connectivity index (χ0v) is 15.4. The molecule has 1 aliphatic rings. The Morgan fingerprint density at radius 2 is 2.04 bits per heavy atom. The van der Waals surface area contributed by atoms with Crippen molar-refractivity contribution < 1.29 is 4.79 Å². The molecule has 0 saturated carbocycles. The number of rotatable bonds is 7. The summed E-state index contributed by atoms with van der Waals surface area (Å²) in [7, 11) is 0. The lowest BCUT2D eigenvalue weighted by Gasteiger charge is -2.17. The molecule has 1 aromatic rings. The van der Waals surface area contributed by atoms with Gasteiger partial charge in [-0.1, -0.05) is 37.3 Å². The third kappa shape index (κ3) is 7.53. The van der Waals surface area contributed by atoms with E-state index in [1.165, 1.54) is 12.0 Å². The Hall–Kier alpha value is -0.810. The molecule has 1 aromatic carbocycles. The smallest absolute Gasteiger partial charge is 0.224 e. The highest BCUT2D eigenvalue weighted by Gasteiger charge is 2.23. The number of hydrogen-bond acceptors (Lipinski definition) is 3. The molecule has 2 rings (SSSR count). The number of nitrogens with two attached hydrogens (primary N) is 1. The van der Waals surface area contributed by atoms with Crippen LogP contribution in [0.3, 0.4) is 0 Å². The Labute approximate surface area is 152 Å². The van der Waals surface area contributed by atoms with E-state index >= 15 is 0 Å². The Bertz CT molecular complexity index is 445. The maximum atomic E-state index is 11.7. The fraction of sp³-hybridized carbons (Fsp3) is 0.588. The van der Waals surface area contributed by atoms with Crippen LogP contribution in [0.1, 0.15) is 18.9 Å². The van der Waals surface area contributed by atoms with Gasteiger partial charge in [0.05, 0.1) is 0 Å². The van der Waals surface area contributed by atoms with Crippen LogP contribution in [0, 0.1) is 11.8 Å². The Kier molecular flexibility index (Phi) is 11.3. The first-order chi connectivity index (χ1) is 10.2. The number of carbonyl (C=O) groups is 1. The van der Waals surface area contributed by atoms with Crippen molar-refractivity contribution in [3.8, 4) is 0 Å². The lowest BCUT2D eigenvalue weighted by molar-refractivity contribution is -0.124. The molecule has 1 saturated heterocycles. The van der Waals surface area contributed by atoms with Gasteiger partial charge in [-0.05, 0) is 30.9 Å². The van der Waals surface area contributed by atoms with Gasteiger partial charge < -0.3 is 16.0 Å². The highest BCUT2D eigenvalue weighted by Crippen LogP contribution is 2.16. The van der Waals surface area contributed by atoms with E-state index in [0.717, 1.165) is 32.6 Å². The van der Waals surface area contributed by atoms with Crippen molar-refractivity contribution in [2.45, 2.75) is 19.8 Å². The van der Waals surface area contributed by atoms with E-state index in [9.17, 15) is 4.79 Å². The van der Waals surface area contributed by atoms with E-state index in [0.29, 0.717) is 12.5 Å². The molecule has 0 bridgehead atoms. The third-order valence-electron chi connectivity index (χ3n) is 4.30. The molecular weight excluding hydrogens is 333 g/mol.